The SMILES string of the molecule is O=C(c1cccs1)N1CCC[C@@H](c2nc3ccccc3[nH]2)C1. The van der Waals surface area contributed by atoms with Crippen molar-refractivity contribution in [1.29, 1.82) is 0 Å². The molecule has 4 rings (SSSR count). The monoisotopic (exact) mass is 311 g/mol. The van der Waals surface area contributed by atoms with Crippen LogP contribution in [0.5, 0.6) is 0 Å². The summed E-state index contributed by atoms with van der Waals surface area (Å²) >= 11 is 1.51. The van der Waals surface area contributed by atoms with Crippen LogP contribution < -0.4 is 0 Å². The third-order valence-electron chi connectivity index (χ3n) is 4.23. The number of H-pyrrole nitrogens is 1. The molecule has 1 aromatic carbocycles. The molecule has 0 spiro atoms. The van der Waals surface area contributed by atoms with Crippen LogP contribution in [0.2, 0.25) is 0 Å². The second-order valence-corrected chi connectivity index (χ2v) is 6.65. The number of nitrogens with one attached hydrogen (secondary N) is 1. The molecule has 22 heavy (non-hydrogen) atoms. The Morgan fingerprint density at radius 1 is 1.27 bits per heavy atom. The number of aromatic nitrogens is 2. The lowest BCUT2D eigenvalue weighted by molar-refractivity contribution is 0.0710. The topological polar surface area (TPSA) is 49.0 Å². The number of nitrogens with zero attached hydrogens (tertiary/aromatic N) is 2. The molecule has 1 fully saturated rings. The fourth-order valence-corrected chi connectivity index (χ4v) is 3.80. The van der Waals surface area contributed by atoms with Gasteiger partial charge in [-0.1, -0.05) is 18.2 Å². The van der Waals surface area contributed by atoms with Gasteiger partial charge in [0.25, 0.3) is 5.91 Å². The van der Waals surface area contributed by atoms with Crippen molar-refractivity contribution in [2.45, 2.75) is 18.8 Å². The van der Waals surface area contributed by atoms with Gasteiger partial charge in [0.2, 0.25) is 0 Å². The maximum atomic E-state index is 12.5. The molecule has 0 aliphatic carbocycles. The molecule has 0 saturated carbocycles. The highest BCUT2D eigenvalue weighted by Crippen LogP contribution is 2.28. The minimum Gasteiger partial charge on any atom is -0.342 e. The maximum absolute atomic E-state index is 12.5. The van der Waals surface area contributed by atoms with Crippen LogP contribution in [-0.4, -0.2) is 33.9 Å². The highest BCUT2D eigenvalue weighted by Gasteiger charge is 2.27. The van der Waals surface area contributed by atoms with Crippen molar-refractivity contribution in [2.75, 3.05) is 13.1 Å². The second kappa shape index (κ2) is 5.57. The van der Waals surface area contributed by atoms with E-state index in [0.717, 1.165) is 47.7 Å². The Bertz CT molecular complexity index is 760. The number of para-hydroxylation sites is 2. The van der Waals surface area contributed by atoms with E-state index in [1.54, 1.807) is 0 Å². The van der Waals surface area contributed by atoms with E-state index in [0.29, 0.717) is 5.92 Å². The lowest BCUT2D eigenvalue weighted by Gasteiger charge is -2.31. The van der Waals surface area contributed by atoms with Gasteiger partial charge in [0.05, 0.1) is 15.9 Å². The smallest absolute Gasteiger partial charge is 0.263 e. The van der Waals surface area contributed by atoms with Crippen LogP contribution in [0, 0.1) is 0 Å². The zero-order valence-corrected chi connectivity index (χ0v) is 13.0. The van der Waals surface area contributed by atoms with Crippen LogP contribution >= 0.6 is 11.3 Å². The van der Waals surface area contributed by atoms with Crippen LogP contribution in [0.15, 0.2) is 41.8 Å². The van der Waals surface area contributed by atoms with Gasteiger partial charge >= 0.3 is 0 Å². The number of hydrogen-bond donors (Lipinski definition) is 1. The summed E-state index contributed by atoms with van der Waals surface area (Å²) in [6.07, 6.45) is 2.10. The highest BCUT2D eigenvalue weighted by molar-refractivity contribution is 7.12. The van der Waals surface area contributed by atoms with Gasteiger partial charge in [-0.25, -0.2) is 4.98 Å². The number of hydrogen-bond acceptors (Lipinski definition) is 3. The Morgan fingerprint density at radius 2 is 2.18 bits per heavy atom. The summed E-state index contributed by atoms with van der Waals surface area (Å²) in [7, 11) is 0. The third kappa shape index (κ3) is 2.41. The van der Waals surface area contributed by atoms with Gasteiger partial charge in [-0.3, -0.25) is 4.79 Å². The molecule has 1 saturated heterocycles. The van der Waals surface area contributed by atoms with Crippen LogP contribution in [0.25, 0.3) is 11.0 Å². The molecule has 3 heterocycles. The Morgan fingerprint density at radius 3 is 3.00 bits per heavy atom. The lowest BCUT2D eigenvalue weighted by atomic mass is 9.97. The fraction of sp³-hybridized carbons (Fsp3) is 0.294. The van der Waals surface area contributed by atoms with E-state index in [-0.39, 0.29) is 5.91 Å². The molecule has 112 valence electrons. The van der Waals surface area contributed by atoms with Crippen molar-refractivity contribution in [3.63, 3.8) is 0 Å². The van der Waals surface area contributed by atoms with Crippen molar-refractivity contribution >= 4 is 28.3 Å². The summed E-state index contributed by atoms with van der Waals surface area (Å²) < 4.78 is 0. The molecule has 1 aliphatic rings. The predicted molar refractivity (Wildman–Crippen MR) is 88.3 cm³/mol. The molecule has 3 aromatic rings. The molecule has 4 nitrogen and oxygen atoms in total. The van der Waals surface area contributed by atoms with Gasteiger partial charge < -0.3 is 9.88 Å². The normalized spacial score (nSPS) is 18.7. The van der Waals surface area contributed by atoms with E-state index < -0.39 is 0 Å². The first-order valence-electron chi connectivity index (χ1n) is 7.59. The van der Waals surface area contributed by atoms with Crippen molar-refractivity contribution in [1.82, 2.24) is 14.9 Å². The van der Waals surface area contributed by atoms with E-state index in [4.69, 9.17) is 4.98 Å². The molecular weight excluding hydrogens is 294 g/mol. The molecule has 0 radical (unpaired) electrons. The number of aromatic amines is 1. The number of fused-ring (bicyclic) bond motifs is 1. The summed E-state index contributed by atoms with van der Waals surface area (Å²) in [6.45, 7) is 1.59. The van der Waals surface area contributed by atoms with Crippen LogP contribution in [-0.2, 0) is 0 Å². The molecule has 0 unspecified atom stereocenters. The average molecular weight is 311 g/mol. The van der Waals surface area contributed by atoms with Gasteiger partial charge in [0.15, 0.2) is 0 Å². The number of piperidine rings is 1. The number of amides is 1. The standard InChI is InChI=1S/C17H17N3OS/c21-17(15-8-4-10-22-15)20-9-3-5-12(11-20)16-18-13-6-1-2-7-14(13)19-16/h1-2,4,6-8,10,12H,3,5,9,11H2,(H,18,19)/t12-/m1/s1. The van der Waals surface area contributed by atoms with E-state index in [1.165, 1.54) is 11.3 Å². The summed E-state index contributed by atoms with van der Waals surface area (Å²) in [5, 5.41) is 1.95. The van der Waals surface area contributed by atoms with Crippen LogP contribution in [0.1, 0.15) is 34.3 Å². The minimum atomic E-state index is 0.149. The molecular formula is C17H17N3OS. The van der Waals surface area contributed by atoms with E-state index in [2.05, 4.69) is 4.98 Å². The van der Waals surface area contributed by atoms with Gasteiger partial charge in [-0.05, 0) is 36.4 Å². The zero-order valence-electron chi connectivity index (χ0n) is 12.2. The number of carbonyl (C=O) groups excluding carboxylic acids is 1. The number of carbonyl (C=O) groups is 1. The molecule has 1 amide bonds. The Hall–Kier alpha value is -2.14. The Labute approximate surface area is 132 Å². The highest BCUT2D eigenvalue weighted by atomic mass is 32.1. The Balaban J connectivity index is 1.56. The number of rotatable bonds is 2. The van der Waals surface area contributed by atoms with Crippen molar-refractivity contribution in [3.8, 4) is 0 Å². The number of imidazole rings is 1. The van der Waals surface area contributed by atoms with Crippen LogP contribution in [0.3, 0.4) is 0 Å². The largest absolute Gasteiger partial charge is 0.342 e. The molecule has 1 atom stereocenters. The molecule has 2 aromatic heterocycles. The number of benzene rings is 1. The van der Waals surface area contributed by atoms with Gasteiger partial charge in [-0.15, -0.1) is 11.3 Å². The van der Waals surface area contributed by atoms with E-state index in [9.17, 15) is 4.79 Å². The summed E-state index contributed by atoms with van der Waals surface area (Å²) in [5.74, 6) is 1.45. The fourth-order valence-electron chi connectivity index (χ4n) is 3.11. The van der Waals surface area contributed by atoms with Crippen molar-refractivity contribution in [3.05, 3.63) is 52.5 Å². The quantitative estimate of drug-likeness (QED) is 0.785. The molecule has 0 bridgehead atoms. The maximum Gasteiger partial charge on any atom is 0.263 e. The first-order valence-corrected chi connectivity index (χ1v) is 8.46. The summed E-state index contributed by atoms with van der Waals surface area (Å²) in [4.78, 5) is 23.4. The summed E-state index contributed by atoms with van der Waals surface area (Å²) in [5.41, 5.74) is 2.07. The average Bonchev–Trinajstić information content (AvgIpc) is 3.23. The zero-order chi connectivity index (χ0) is 14.9. The first-order chi connectivity index (χ1) is 10.8. The third-order valence-corrected chi connectivity index (χ3v) is 5.09. The van der Waals surface area contributed by atoms with E-state index in [1.807, 2.05) is 46.7 Å². The van der Waals surface area contributed by atoms with Crippen LogP contribution in [0.4, 0.5) is 0 Å². The van der Waals surface area contributed by atoms with Gasteiger partial charge in [0, 0.05) is 19.0 Å². The molecule has 1 aliphatic heterocycles. The minimum absolute atomic E-state index is 0.149. The molecule has 1 N–H and O–H groups in total. The lowest BCUT2D eigenvalue weighted by Crippen LogP contribution is -2.39. The predicted octanol–water partition coefficient (Wildman–Crippen LogP) is 3.64. The number of likely N-dealkylation sites (tertiary alicyclic amines) is 1. The first kappa shape index (κ1) is 13.5. The second-order valence-electron chi connectivity index (χ2n) is 5.71. The van der Waals surface area contributed by atoms with Crippen molar-refractivity contribution < 1.29 is 4.79 Å². The Kier molecular flexibility index (Phi) is 3.42. The summed E-state index contributed by atoms with van der Waals surface area (Å²) in [6, 6.07) is 11.9. The molecule has 5 heteroatoms. The van der Waals surface area contributed by atoms with Gasteiger partial charge in [-0.2, -0.15) is 0 Å². The van der Waals surface area contributed by atoms with Crippen molar-refractivity contribution in [2.24, 2.45) is 0 Å². The van der Waals surface area contributed by atoms with E-state index >= 15 is 0 Å². The van der Waals surface area contributed by atoms with Gasteiger partial charge in [0.1, 0.15) is 5.82 Å². The number of thiophene rings is 1.